The van der Waals surface area contributed by atoms with E-state index in [0.29, 0.717) is 5.92 Å². The largest absolute Gasteiger partial charge is 0.341 e. The monoisotopic (exact) mass is 357 g/mol. The van der Waals surface area contributed by atoms with E-state index in [-0.39, 0.29) is 0 Å². The number of hydrogen-bond acceptors (Lipinski definition) is 6. The Labute approximate surface area is 156 Å². The molecule has 0 aromatic carbocycles. The van der Waals surface area contributed by atoms with E-state index in [1.165, 1.54) is 0 Å². The molecule has 1 aliphatic rings. The van der Waals surface area contributed by atoms with Gasteiger partial charge in [0.2, 0.25) is 5.95 Å². The van der Waals surface area contributed by atoms with Gasteiger partial charge in [-0.25, -0.2) is 9.97 Å². The fourth-order valence-corrected chi connectivity index (χ4v) is 3.65. The van der Waals surface area contributed by atoms with Gasteiger partial charge in [-0.05, 0) is 43.2 Å². The van der Waals surface area contributed by atoms with Crippen LogP contribution in [0.5, 0.6) is 0 Å². The highest BCUT2D eigenvalue weighted by Crippen LogP contribution is 2.29. The van der Waals surface area contributed by atoms with Crippen LogP contribution in [0.4, 0.5) is 5.95 Å². The zero-order chi connectivity index (χ0) is 18.1. The van der Waals surface area contributed by atoms with Gasteiger partial charge in [0.15, 0.2) is 5.65 Å². The molecule has 0 amide bonds. The predicted molar refractivity (Wildman–Crippen MR) is 102 cm³/mol. The quantitative estimate of drug-likeness (QED) is 0.561. The summed E-state index contributed by atoms with van der Waals surface area (Å²) in [5, 5.41) is 8.71. The van der Waals surface area contributed by atoms with Crippen LogP contribution in [0.25, 0.3) is 16.9 Å². The van der Waals surface area contributed by atoms with E-state index < -0.39 is 0 Å². The molecule has 134 valence electrons. The maximum Gasteiger partial charge on any atom is 0.225 e. The Morgan fingerprint density at radius 3 is 2.70 bits per heavy atom. The molecule has 1 saturated heterocycles. The zero-order valence-electron chi connectivity index (χ0n) is 14.8. The number of nitrogens with zero attached hydrogens (tertiary/aromatic N) is 7. The fraction of sp³-hybridized carbons (Fsp3) is 0.250. The number of anilines is 1. The summed E-state index contributed by atoms with van der Waals surface area (Å²) in [6, 6.07) is 11.9. The second kappa shape index (κ2) is 6.75. The van der Waals surface area contributed by atoms with Crippen molar-refractivity contribution in [2.45, 2.75) is 18.8 Å². The normalized spacial score (nSPS) is 15.3. The molecule has 0 unspecified atom stereocenters. The van der Waals surface area contributed by atoms with Crippen molar-refractivity contribution >= 4 is 11.6 Å². The van der Waals surface area contributed by atoms with Crippen molar-refractivity contribution in [3.8, 4) is 11.3 Å². The molecular weight excluding hydrogens is 338 g/mol. The van der Waals surface area contributed by atoms with Crippen LogP contribution >= 0.6 is 0 Å². The molecule has 27 heavy (non-hydrogen) atoms. The number of piperidine rings is 1. The maximum absolute atomic E-state index is 4.75. The van der Waals surface area contributed by atoms with Crippen molar-refractivity contribution in [2.24, 2.45) is 0 Å². The molecule has 0 bridgehead atoms. The summed E-state index contributed by atoms with van der Waals surface area (Å²) in [6.07, 6.45) is 9.48. The first-order valence-corrected chi connectivity index (χ1v) is 9.16. The van der Waals surface area contributed by atoms with Gasteiger partial charge in [0.05, 0.1) is 5.69 Å². The lowest BCUT2D eigenvalue weighted by Crippen LogP contribution is -2.34. The molecule has 0 atom stereocenters. The van der Waals surface area contributed by atoms with Gasteiger partial charge < -0.3 is 4.90 Å². The lowest BCUT2D eigenvalue weighted by atomic mass is 9.96. The molecule has 7 nitrogen and oxygen atoms in total. The van der Waals surface area contributed by atoms with Crippen LogP contribution in [0.15, 0.2) is 61.2 Å². The molecule has 4 aromatic heterocycles. The van der Waals surface area contributed by atoms with Gasteiger partial charge in [-0.15, -0.1) is 10.2 Å². The molecular formula is C20H19N7. The predicted octanol–water partition coefficient (Wildman–Crippen LogP) is 2.97. The smallest absolute Gasteiger partial charge is 0.225 e. The summed E-state index contributed by atoms with van der Waals surface area (Å²) in [5.74, 6) is 2.23. The Hall–Kier alpha value is -3.35. The standard InChI is InChI=1S/C20H19N7/c1-2-11-27-18(5-1)24-25-19(27)15-7-12-26(13-8-15)20-22-10-6-17(23-20)16-4-3-9-21-14-16/h1-6,9-11,14-15H,7-8,12-13H2. The fourth-order valence-electron chi connectivity index (χ4n) is 3.65. The molecule has 0 spiro atoms. The van der Waals surface area contributed by atoms with Gasteiger partial charge in [-0.2, -0.15) is 0 Å². The molecule has 1 aliphatic heterocycles. The number of pyridine rings is 2. The van der Waals surface area contributed by atoms with Crippen LogP contribution in [-0.4, -0.2) is 42.6 Å². The molecule has 5 rings (SSSR count). The minimum Gasteiger partial charge on any atom is -0.341 e. The minimum atomic E-state index is 0.403. The molecule has 0 aliphatic carbocycles. The summed E-state index contributed by atoms with van der Waals surface area (Å²) < 4.78 is 2.10. The van der Waals surface area contributed by atoms with E-state index in [4.69, 9.17) is 4.98 Å². The van der Waals surface area contributed by atoms with Gasteiger partial charge in [-0.3, -0.25) is 9.38 Å². The molecule has 1 fully saturated rings. The van der Waals surface area contributed by atoms with E-state index in [2.05, 4.69) is 29.5 Å². The summed E-state index contributed by atoms with van der Waals surface area (Å²) in [5.41, 5.74) is 2.81. The first-order chi connectivity index (χ1) is 13.4. The van der Waals surface area contributed by atoms with E-state index in [0.717, 1.165) is 54.6 Å². The molecule has 0 saturated carbocycles. The Morgan fingerprint density at radius 2 is 1.85 bits per heavy atom. The third-order valence-electron chi connectivity index (χ3n) is 5.08. The SMILES string of the molecule is c1cncc(-c2ccnc(N3CCC(c4nnc5ccccn45)CC3)n2)c1. The lowest BCUT2D eigenvalue weighted by molar-refractivity contribution is 0.478. The number of aromatic nitrogens is 6. The Morgan fingerprint density at radius 1 is 0.926 bits per heavy atom. The second-order valence-electron chi connectivity index (χ2n) is 6.73. The third-order valence-corrected chi connectivity index (χ3v) is 5.08. The van der Waals surface area contributed by atoms with Gasteiger partial charge >= 0.3 is 0 Å². The number of rotatable bonds is 3. The van der Waals surface area contributed by atoms with E-state index in [9.17, 15) is 0 Å². The molecule has 7 heteroatoms. The molecule has 5 heterocycles. The minimum absolute atomic E-state index is 0.403. The maximum atomic E-state index is 4.75. The first-order valence-electron chi connectivity index (χ1n) is 9.16. The van der Waals surface area contributed by atoms with Crippen molar-refractivity contribution in [1.29, 1.82) is 0 Å². The zero-order valence-corrected chi connectivity index (χ0v) is 14.8. The average Bonchev–Trinajstić information content (AvgIpc) is 3.19. The summed E-state index contributed by atoms with van der Waals surface area (Å²) in [7, 11) is 0. The highest BCUT2D eigenvalue weighted by Gasteiger charge is 2.25. The highest BCUT2D eigenvalue weighted by atomic mass is 15.3. The van der Waals surface area contributed by atoms with E-state index in [1.807, 2.05) is 55.0 Å². The number of fused-ring (bicyclic) bond motifs is 1. The third kappa shape index (κ3) is 3.01. The first kappa shape index (κ1) is 15.9. The molecule has 4 aromatic rings. The van der Waals surface area contributed by atoms with Crippen LogP contribution in [0.3, 0.4) is 0 Å². The van der Waals surface area contributed by atoms with Crippen LogP contribution in [0.2, 0.25) is 0 Å². The van der Waals surface area contributed by atoms with Crippen LogP contribution < -0.4 is 4.90 Å². The summed E-state index contributed by atoms with van der Waals surface area (Å²) >= 11 is 0. The molecule has 0 N–H and O–H groups in total. The average molecular weight is 357 g/mol. The summed E-state index contributed by atoms with van der Waals surface area (Å²) in [6.45, 7) is 1.81. The second-order valence-corrected chi connectivity index (χ2v) is 6.73. The summed E-state index contributed by atoms with van der Waals surface area (Å²) in [4.78, 5) is 15.7. The lowest BCUT2D eigenvalue weighted by Gasteiger charge is -2.31. The van der Waals surface area contributed by atoms with Crippen molar-refractivity contribution in [3.63, 3.8) is 0 Å². The Bertz CT molecular complexity index is 1050. The Kier molecular flexibility index (Phi) is 3.97. The van der Waals surface area contributed by atoms with Crippen molar-refractivity contribution in [3.05, 3.63) is 67.0 Å². The van der Waals surface area contributed by atoms with Gasteiger partial charge in [0, 0.05) is 49.4 Å². The topological polar surface area (TPSA) is 72.1 Å². The number of hydrogen-bond donors (Lipinski definition) is 0. The van der Waals surface area contributed by atoms with Gasteiger partial charge in [-0.1, -0.05) is 6.07 Å². The van der Waals surface area contributed by atoms with Crippen molar-refractivity contribution in [2.75, 3.05) is 18.0 Å². The van der Waals surface area contributed by atoms with E-state index in [1.54, 1.807) is 6.20 Å². The van der Waals surface area contributed by atoms with Crippen LogP contribution in [0.1, 0.15) is 24.6 Å². The Balaban J connectivity index is 1.34. The highest BCUT2D eigenvalue weighted by molar-refractivity contribution is 5.58. The molecule has 0 radical (unpaired) electrons. The van der Waals surface area contributed by atoms with E-state index >= 15 is 0 Å². The van der Waals surface area contributed by atoms with Crippen molar-refractivity contribution in [1.82, 2.24) is 29.5 Å². The van der Waals surface area contributed by atoms with Gasteiger partial charge in [0.1, 0.15) is 5.82 Å². The van der Waals surface area contributed by atoms with Gasteiger partial charge in [0.25, 0.3) is 0 Å². The van der Waals surface area contributed by atoms with Crippen molar-refractivity contribution < 1.29 is 0 Å². The van der Waals surface area contributed by atoms with Crippen LogP contribution in [0, 0.1) is 0 Å². The van der Waals surface area contributed by atoms with Crippen LogP contribution in [-0.2, 0) is 0 Å².